The van der Waals surface area contributed by atoms with E-state index in [0.717, 1.165) is 60.2 Å². The van der Waals surface area contributed by atoms with Gasteiger partial charge in [0, 0.05) is 55.5 Å². The molecule has 0 saturated carbocycles. The van der Waals surface area contributed by atoms with Crippen LogP contribution in [0.15, 0.2) is 43.2 Å². The van der Waals surface area contributed by atoms with Gasteiger partial charge in [-0.15, -0.1) is 0 Å². The Kier molecular flexibility index (Phi) is 6.05. The van der Waals surface area contributed by atoms with Gasteiger partial charge >= 0.3 is 0 Å². The van der Waals surface area contributed by atoms with Gasteiger partial charge in [-0.3, -0.25) is 9.59 Å². The van der Waals surface area contributed by atoms with Crippen molar-refractivity contribution in [2.45, 2.75) is 44.6 Å². The molecule has 1 aromatic carbocycles. The predicted octanol–water partition coefficient (Wildman–Crippen LogP) is 3.73. The molecule has 2 aliphatic rings. The molecule has 35 heavy (non-hydrogen) atoms. The number of anilines is 1. The molecule has 182 valence electrons. The van der Waals surface area contributed by atoms with Crippen molar-refractivity contribution in [3.05, 3.63) is 54.5 Å². The lowest BCUT2D eigenvalue weighted by molar-refractivity contribution is -0.126. The highest BCUT2D eigenvalue weighted by molar-refractivity contribution is 6.03. The van der Waals surface area contributed by atoms with Crippen LogP contribution in [0.2, 0.25) is 0 Å². The number of aromatic nitrogens is 3. The Morgan fingerprint density at radius 2 is 1.83 bits per heavy atom. The molecule has 0 bridgehead atoms. The van der Waals surface area contributed by atoms with Crippen LogP contribution < -0.4 is 5.73 Å². The third-order valence-corrected chi connectivity index (χ3v) is 7.52. The first-order chi connectivity index (χ1) is 16.9. The highest BCUT2D eigenvalue weighted by atomic mass is 16.2. The first-order valence-electron chi connectivity index (χ1n) is 12.3. The topological polar surface area (TPSA) is 97.3 Å². The summed E-state index contributed by atoms with van der Waals surface area (Å²) in [5.74, 6) is 0.559. The number of aryl methyl sites for hydroxylation is 1. The SMILES string of the molecule is C=CC(=O)N1C[C@@H](c2c(-c3ccc(C(=O)N4CCCCC4)cc3)c3c(N)ncnc3n2C)C[C@@H]1C. The van der Waals surface area contributed by atoms with Crippen LogP contribution in [0.5, 0.6) is 0 Å². The number of fused-ring (bicyclic) bond motifs is 1. The molecule has 2 aromatic heterocycles. The lowest BCUT2D eigenvalue weighted by Gasteiger charge is -2.26. The highest BCUT2D eigenvalue weighted by Crippen LogP contribution is 2.43. The van der Waals surface area contributed by atoms with Crippen LogP contribution in [0.1, 0.15) is 54.6 Å². The molecule has 0 aliphatic carbocycles. The van der Waals surface area contributed by atoms with E-state index in [-0.39, 0.29) is 23.8 Å². The van der Waals surface area contributed by atoms with Crippen molar-refractivity contribution in [3.8, 4) is 11.1 Å². The van der Waals surface area contributed by atoms with Crippen LogP contribution in [0.25, 0.3) is 22.2 Å². The van der Waals surface area contributed by atoms with Crippen molar-refractivity contribution in [1.82, 2.24) is 24.3 Å². The Morgan fingerprint density at radius 3 is 2.51 bits per heavy atom. The second-order valence-electron chi connectivity index (χ2n) is 9.68. The van der Waals surface area contributed by atoms with Gasteiger partial charge in [-0.25, -0.2) is 9.97 Å². The van der Waals surface area contributed by atoms with Gasteiger partial charge in [-0.1, -0.05) is 18.7 Å². The molecule has 0 unspecified atom stereocenters. The van der Waals surface area contributed by atoms with Crippen LogP contribution in [0.3, 0.4) is 0 Å². The number of piperidine rings is 1. The van der Waals surface area contributed by atoms with Gasteiger partial charge in [0.05, 0.1) is 5.39 Å². The van der Waals surface area contributed by atoms with E-state index in [9.17, 15) is 9.59 Å². The number of rotatable bonds is 4. The molecular formula is C27H32N6O2. The van der Waals surface area contributed by atoms with Gasteiger partial charge in [0.25, 0.3) is 5.91 Å². The van der Waals surface area contributed by atoms with E-state index in [1.54, 1.807) is 0 Å². The number of nitrogens with zero attached hydrogens (tertiary/aromatic N) is 5. The van der Waals surface area contributed by atoms with E-state index in [4.69, 9.17) is 5.73 Å². The van der Waals surface area contributed by atoms with Crippen LogP contribution in [0, 0.1) is 0 Å². The van der Waals surface area contributed by atoms with Crippen molar-refractivity contribution in [2.75, 3.05) is 25.4 Å². The van der Waals surface area contributed by atoms with E-state index >= 15 is 0 Å². The molecule has 2 aliphatic heterocycles. The van der Waals surface area contributed by atoms with Crippen molar-refractivity contribution in [3.63, 3.8) is 0 Å². The summed E-state index contributed by atoms with van der Waals surface area (Å²) in [5.41, 5.74) is 10.8. The summed E-state index contributed by atoms with van der Waals surface area (Å²) >= 11 is 0. The van der Waals surface area contributed by atoms with Crippen LogP contribution >= 0.6 is 0 Å². The molecule has 2 amide bonds. The predicted molar refractivity (Wildman–Crippen MR) is 137 cm³/mol. The van der Waals surface area contributed by atoms with Crippen molar-refractivity contribution < 1.29 is 9.59 Å². The summed E-state index contributed by atoms with van der Waals surface area (Å²) in [6, 6.07) is 7.89. The lowest BCUT2D eigenvalue weighted by atomic mass is 9.93. The van der Waals surface area contributed by atoms with Gasteiger partial charge in [-0.2, -0.15) is 0 Å². The summed E-state index contributed by atoms with van der Waals surface area (Å²) in [4.78, 5) is 38.0. The van der Waals surface area contributed by atoms with Crippen molar-refractivity contribution >= 4 is 28.7 Å². The Hall–Kier alpha value is -3.68. The highest BCUT2D eigenvalue weighted by Gasteiger charge is 2.36. The fraction of sp³-hybridized carbons (Fsp3) is 0.407. The fourth-order valence-electron chi connectivity index (χ4n) is 5.78. The molecule has 2 atom stereocenters. The van der Waals surface area contributed by atoms with Gasteiger partial charge in [0.1, 0.15) is 17.8 Å². The number of nitrogens with two attached hydrogens (primary N) is 1. The zero-order valence-electron chi connectivity index (χ0n) is 20.4. The second kappa shape index (κ2) is 9.17. The largest absolute Gasteiger partial charge is 0.383 e. The maximum absolute atomic E-state index is 13.0. The third-order valence-electron chi connectivity index (χ3n) is 7.52. The standard InChI is InChI=1S/C27H32N6O2/c1-4-21(34)33-15-20(14-17(33)2)24-22(23-25(28)29-16-30-26(23)31(24)3)18-8-10-19(11-9-18)27(35)32-12-6-5-7-13-32/h4,8-11,16-17,20H,1,5-7,12-15H2,2-3H3,(H2,28,29,30)/t17-,20-/m0/s1. The quantitative estimate of drug-likeness (QED) is 0.584. The second-order valence-corrected chi connectivity index (χ2v) is 9.68. The minimum Gasteiger partial charge on any atom is -0.383 e. The Balaban J connectivity index is 1.58. The van der Waals surface area contributed by atoms with E-state index < -0.39 is 0 Å². The van der Waals surface area contributed by atoms with Crippen molar-refractivity contribution in [2.24, 2.45) is 7.05 Å². The minimum absolute atomic E-state index is 0.0554. The lowest BCUT2D eigenvalue weighted by Crippen LogP contribution is -2.35. The summed E-state index contributed by atoms with van der Waals surface area (Å²) in [7, 11) is 1.99. The fourth-order valence-corrected chi connectivity index (χ4v) is 5.78. The molecule has 3 aromatic rings. The number of carbonyl (C=O) groups excluding carboxylic acids is 2. The molecular weight excluding hydrogens is 440 g/mol. The number of likely N-dealkylation sites (tertiary alicyclic amines) is 2. The molecule has 0 spiro atoms. The Labute approximate surface area is 205 Å². The van der Waals surface area contributed by atoms with E-state index in [1.165, 1.54) is 18.8 Å². The average molecular weight is 473 g/mol. The molecule has 2 fully saturated rings. The average Bonchev–Trinajstić information content (AvgIpc) is 3.41. The maximum atomic E-state index is 13.0. The summed E-state index contributed by atoms with van der Waals surface area (Å²) < 4.78 is 2.08. The third kappa shape index (κ3) is 3.96. The van der Waals surface area contributed by atoms with Crippen molar-refractivity contribution in [1.29, 1.82) is 0 Å². The summed E-state index contributed by atoms with van der Waals surface area (Å²) in [5, 5.41) is 0.807. The normalized spacial score (nSPS) is 20.4. The van der Waals surface area contributed by atoms with Crippen LogP contribution in [0.4, 0.5) is 5.82 Å². The molecule has 4 heterocycles. The number of nitrogen functional groups attached to an aromatic ring is 1. The monoisotopic (exact) mass is 472 g/mol. The van der Waals surface area contributed by atoms with Crippen LogP contribution in [-0.4, -0.2) is 61.8 Å². The molecule has 5 rings (SSSR count). The first-order valence-corrected chi connectivity index (χ1v) is 12.3. The number of carbonyl (C=O) groups is 2. The maximum Gasteiger partial charge on any atom is 0.253 e. The number of benzene rings is 1. The molecule has 8 heteroatoms. The Morgan fingerprint density at radius 1 is 1.11 bits per heavy atom. The zero-order chi connectivity index (χ0) is 24.7. The van der Waals surface area contributed by atoms with Crippen LogP contribution in [-0.2, 0) is 11.8 Å². The molecule has 8 nitrogen and oxygen atoms in total. The number of amides is 2. The van der Waals surface area contributed by atoms with Gasteiger partial charge < -0.3 is 20.1 Å². The minimum atomic E-state index is -0.0554. The first kappa shape index (κ1) is 23.1. The summed E-state index contributed by atoms with van der Waals surface area (Å²) in [6.45, 7) is 7.97. The van der Waals surface area contributed by atoms with Gasteiger partial charge in [0.15, 0.2) is 0 Å². The van der Waals surface area contributed by atoms with E-state index in [1.807, 2.05) is 41.1 Å². The van der Waals surface area contributed by atoms with Gasteiger partial charge in [-0.05, 0) is 56.4 Å². The number of hydrogen-bond donors (Lipinski definition) is 1. The van der Waals surface area contributed by atoms with E-state index in [2.05, 4.69) is 28.0 Å². The number of hydrogen-bond acceptors (Lipinski definition) is 5. The summed E-state index contributed by atoms with van der Waals surface area (Å²) in [6.07, 6.45) is 7.00. The zero-order valence-corrected chi connectivity index (χ0v) is 20.4. The Bertz CT molecular complexity index is 1290. The molecule has 2 N–H and O–H groups in total. The van der Waals surface area contributed by atoms with Gasteiger partial charge in [0.2, 0.25) is 5.91 Å². The molecule has 0 radical (unpaired) electrons. The molecule has 2 saturated heterocycles. The smallest absolute Gasteiger partial charge is 0.253 e. The van der Waals surface area contributed by atoms with E-state index in [0.29, 0.717) is 17.9 Å².